The lowest BCUT2D eigenvalue weighted by molar-refractivity contribution is 0.0904. The Morgan fingerprint density at radius 3 is 2.83 bits per heavy atom. The highest BCUT2D eigenvalue weighted by Gasteiger charge is 2.03. The molecule has 1 aromatic rings. The molecule has 0 saturated carbocycles. The SMILES string of the molecule is O=Nc1cccc(C(=O)CO)c1. The van der Waals surface area contributed by atoms with Gasteiger partial charge in [0.15, 0.2) is 5.78 Å². The highest BCUT2D eigenvalue weighted by Crippen LogP contribution is 2.13. The van der Waals surface area contributed by atoms with Gasteiger partial charge in [0.25, 0.3) is 0 Å². The molecule has 1 N–H and O–H groups in total. The Kier molecular flexibility index (Phi) is 2.66. The van der Waals surface area contributed by atoms with Crippen LogP contribution in [0.1, 0.15) is 10.4 Å². The minimum absolute atomic E-state index is 0.189. The first-order valence-electron chi connectivity index (χ1n) is 3.35. The van der Waals surface area contributed by atoms with Crippen molar-refractivity contribution in [2.75, 3.05) is 6.61 Å². The fraction of sp³-hybridized carbons (Fsp3) is 0.125. The van der Waals surface area contributed by atoms with Gasteiger partial charge in [0.2, 0.25) is 0 Å². The number of carbonyl (C=O) groups excluding carboxylic acids is 1. The summed E-state index contributed by atoms with van der Waals surface area (Å²) in [6, 6.07) is 5.89. The van der Waals surface area contributed by atoms with Crippen molar-refractivity contribution in [1.82, 2.24) is 0 Å². The second kappa shape index (κ2) is 3.73. The van der Waals surface area contributed by atoms with Gasteiger partial charge in [-0.05, 0) is 17.3 Å². The molecule has 0 unspecified atom stereocenters. The molecular formula is C8H7NO3. The van der Waals surface area contributed by atoms with Gasteiger partial charge in [-0.1, -0.05) is 12.1 Å². The zero-order chi connectivity index (χ0) is 8.97. The summed E-state index contributed by atoms with van der Waals surface area (Å²) < 4.78 is 0. The van der Waals surface area contributed by atoms with Crippen LogP contribution >= 0.6 is 0 Å². The van der Waals surface area contributed by atoms with Crippen LogP contribution in [0.5, 0.6) is 0 Å². The van der Waals surface area contributed by atoms with Crippen LogP contribution < -0.4 is 0 Å². The molecule has 0 heterocycles. The van der Waals surface area contributed by atoms with Crippen LogP contribution in [0, 0.1) is 4.91 Å². The molecule has 12 heavy (non-hydrogen) atoms. The van der Waals surface area contributed by atoms with E-state index in [9.17, 15) is 9.70 Å². The van der Waals surface area contributed by atoms with E-state index in [1.54, 1.807) is 6.07 Å². The summed E-state index contributed by atoms with van der Waals surface area (Å²) in [6.45, 7) is -0.553. The second-order valence-electron chi connectivity index (χ2n) is 2.22. The smallest absolute Gasteiger partial charge is 0.188 e. The number of hydrogen-bond acceptors (Lipinski definition) is 4. The summed E-state index contributed by atoms with van der Waals surface area (Å²) in [5.74, 6) is -0.416. The van der Waals surface area contributed by atoms with Crippen LogP contribution in [-0.2, 0) is 0 Å². The van der Waals surface area contributed by atoms with Crippen LogP contribution in [0.3, 0.4) is 0 Å². The van der Waals surface area contributed by atoms with E-state index < -0.39 is 12.4 Å². The number of hydrogen-bond donors (Lipinski definition) is 1. The summed E-state index contributed by atoms with van der Waals surface area (Å²) in [4.78, 5) is 20.9. The highest BCUT2D eigenvalue weighted by molar-refractivity contribution is 5.97. The van der Waals surface area contributed by atoms with Crippen molar-refractivity contribution in [3.8, 4) is 0 Å². The van der Waals surface area contributed by atoms with Gasteiger partial charge >= 0.3 is 0 Å². The topological polar surface area (TPSA) is 66.7 Å². The number of rotatable bonds is 3. The predicted molar refractivity (Wildman–Crippen MR) is 43.3 cm³/mol. The fourth-order valence-electron chi connectivity index (χ4n) is 0.827. The average Bonchev–Trinajstić information content (AvgIpc) is 2.17. The Labute approximate surface area is 68.8 Å². The average molecular weight is 165 g/mol. The molecule has 0 fully saturated rings. The van der Waals surface area contributed by atoms with Gasteiger partial charge < -0.3 is 5.11 Å². The van der Waals surface area contributed by atoms with Crippen molar-refractivity contribution in [1.29, 1.82) is 0 Å². The number of carbonyl (C=O) groups is 1. The third-order valence-corrected chi connectivity index (χ3v) is 1.42. The maximum absolute atomic E-state index is 10.9. The lowest BCUT2D eigenvalue weighted by atomic mass is 10.1. The van der Waals surface area contributed by atoms with Crippen LogP contribution in [0.4, 0.5) is 5.69 Å². The molecule has 0 atom stereocenters. The monoisotopic (exact) mass is 165 g/mol. The molecule has 0 amide bonds. The fourth-order valence-corrected chi connectivity index (χ4v) is 0.827. The minimum Gasteiger partial charge on any atom is -0.388 e. The molecular weight excluding hydrogens is 158 g/mol. The van der Waals surface area contributed by atoms with Crippen molar-refractivity contribution in [3.05, 3.63) is 34.7 Å². The van der Waals surface area contributed by atoms with E-state index in [2.05, 4.69) is 5.18 Å². The molecule has 0 saturated heterocycles. The zero-order valence-electron chi connectivity index (χ0n) is 6.23. The molecule has 4 heteroatoms. The van der Waals surface area contributed by atoms with E-state index in [1.165, 1.54) is 18.2 Å². The number of aliphatic hydroxyl groups excluding tert-OH is 1. The lowest BCUT2D eigenvalue weighted by Crippen LogP contribution is -2.03. The molecule has 0 radical (unpaired) electrons. The second-order valence-corrected chi connectivity index (χ2v) is 2.22. The predicted octanol–water partition coefficient (Wildman–Crippen LogP) is 1.26. The van der Waals surface area contributed by atoms with E-state index in [0.717, 1.165) is 0 Å². The Morgan fingerprint density at radius 2 is 2.25 bits per heavy atom. The molecule has 0 aliphatic rings. The highest BCUT2D eigenvalue weighted by atomic mass is 16.3. The quantitative estimate of drug-likeness (QED) is 0.541. The van der Waals surface area contributed by atoms with Gasteiger partial charge in [0.05, 0.1) is 0 Å². The number of Topliss-reactive ketones (excluding diaryl/α,β-unsaturated/α-hetero) is 1. The normalized spacial score (nSPS) is 9.42. The Bertz CT molecular complexity index is 309. The van der Waals surface area contributed by atoms with Crippen LogP contribution in [0.15, 0.2) is 29.4 Å². The Morgan fingerprint density at radius 1 is 1.50 bits per heavy atom. The van der Waals surface area contributed by atoms with Gasteiger partial charge in [0, 0.05) is 5.56 Å². The maximum atomic E-state index is 10.9. The van der Waals surface area contributed by atoms with Crippen LogP contribution in [0.25, 0.3) is 0 Å². The van der Waals surface area contributed by atoms with Crippen molar-refractivity contribution in [3.63, 3.8) is 0 Å². The van der Waals surface area contributed by atoms with E-state index in [0.29, 0.717) is 5.56 Å². The summed E-state index contributed by atoms with van der Waals surface area (Å²) in [7, 11) is 0. The number of aliphatic hydroxyl groups is 1. The van der Waals surface area contributed by atoms with Gasteiger partial charge in [-0.25, -0.2) is 0 Å². The minimum atomic E-state index is -0.553. The molecule has 4 nitrogen and oxygen atoms in total. The van der Waals surface area contributed by atoms with E-state index >= 15 is 0 Å². The summed E-state index contributed by atoms with van der Waals surface area (Å²) in [5.41, 5.74) is 0.490. The van der Waals surface area contributed by atoms with Gasteiger partial charge in [-0.2, -0.15) is 0 Å². The van der Waals surface area contributed by atoms with Crippen molar-refractivity contribution in [2.45, 2.75) is 0 Å². The first-order chi connectivity index (χ1) is 5.77. The molecule has 0 bridgehead atoms. The Balaban J connectivity index is 3.01. The molecule has 1 aromatic carbocycles. The van der Waals surface area contributed by atoms with Gasteiger partial charge in [-0.15, -0.1) is 4.91 Å². The van der Waals surface area contributed by atoms with E-state index in [1.807, 2.05) is 0 Å². The molecule has 1 rings (SSSR count). The van der Waals surface area contributed by atoms with E-state index in [4.69, 9.17) is 5.11 Å². The maximum Gasteiger partial charge on any atom is 0.188 e. The summed E-state index contributed by atoms with van der Waals surface area (Å²) in [6.07, 6.45) is 0. The van der Waals surface area contributed by atoms with Crippen LogP contribution in [-0.4, -0.2) is 17.5 Å². The Hall–Kier alpha value is -1.55. The molecule has 0 spiro atoms. The number of nitrogens with zero attached hydrogens (tertiary/aromatic N) is 1. The van der Waals surface area contributed by atoms with E-state index in [-0.39, 0.29) is 5.69 Å². The van der Waals surface area contributed by atoms with Crippen LogP contribution in [0.2, 0.25) is 0 Å². The molecule has 0 aliphatic carbocycles. The third-order valence-electron chi connectivity index (χ3n) is 1.42. The molecule has 0 aromatic heterocycles. The molecule has 0 aliphatic heterocycles. The lowest BCUT2D eigenvalue weighted by Gasteiger charge is -1.95. The summed E-state index contributed by atoms with van der Waals surface area (Å²) in [5, 5.41) is 11.2. The standard InChI is InChI=1S/C8H7NO3/c10-5-8(11)6-2-1-3-7(4-6)9-12/h1-4,10H,5H2. The largest absolute Gasteiger partial charge is 0.388 e. The molecule has 62 valence electrons. The van der Waals surface area contributed by atoms with Crippen molar-refractivity contribution in [2.24, 2.45) is 5.18 Å². The number of nitroso groups, excluding NO2 is 1. The first-order valence-corrected chi connectivity index (χ1v) is 3.35. The summed E-state index contributed by atoms with van der Waals surface area (Å²) >= 11 is 0. The van der Waals surface area contributed by atoms with Crippen molar-refractivity contribution >= 4 is 11.5 Å². The number of ketones is 1. The van der Waals surface area contributed by atoms with Crippen molar-refractivity contribution < 1.29 is 9.90 Å². The number of benzene rings is 1. The van der Waals surface area contributed by atoms with Gasteiger partial charge in [0.1, 0.15) is 12.3 Å². The van der Waals surface area contributed by atoms with Gasteiger partial charge in [-0.3, -0.25) is 4.79 Å². The third kappa shape index (κ3) is 1.73. The first kappa shape index (κ1) is 8.55. The zero-order valence-corrected chi connectivity index (χ0v) is 6.23.